The van der Waals surface area contributed by atoms with Crippen LogP contribution in [0.2, 0.25) is 0 Å². The van der Waals surface area contributed by atoms with E-state index in [0.29, 0.717) is 5.91 Å². The van der Waals surface area contributed by atoms with Crippen LogP contribution in [0.25, 0.3) is 0 Å². The van der Waals surface area contributed by atoms with Crippen LogP contribution < -0.4 is 4.90 Å². The Hall–Kier alpha value is -2.43. The fourth-order valence-electron chi connectivity index (χ4n) is 5.05. The predicted molar refractivity (Wildman–Crippen MR) is 125 cm³/mol. The molecule has 5 heteroatoms. The van der Waals surface area contributed by atoms with E-state index in [2.05, 4.69) is 52.9 Å². The molecule has 0 unspecified atom stereocenters. The summed E-state index contributed by atoms with van der Waals surface area (Å²) < 4.78 is 0. The first-order valence-electron chi connectivity index (χ1n) is 11.9. The van der Waals surface area contributed by atoms with Crippen LogP contribution in [0.5, 0.6) is 0 Å². The first-order chi connectivity index (χ1) is 15.0. The number of amides is 1. The highest BCUT2D eigenvalue weighted by Crippen LogP contribution is 2.29. The Balaban J connectivity index is 1.41. The Morgan fingerprint density at radius 1 is 0.968 bits per heavy atom. The minimum atomic E-state index is 0.335. The van der Waals surface area contributed by atoms with Gasteiger partial charge in [-0.1, -0.05) is 55.5 Å². The van der Waals surface area contributed by atoms with Crippen molar-refractivity contribution in [1.82, 2.24) is 14.9 Å². The van der Waals surface area contributed by atoms with E-state index >= 15 is 0 Å². The number of hydrogen-bond donors (Lipinski definition) is 0. The number of carbonyl (C=O) groups is 1. The third-order valence-corrected chi connectivity index (χ3v) is 6.98. The lowest BCUT2D eigenvalue weighted by atomic mass is 10.0. The molecule has 1 amide bonds. The number of rotatable bonds is 6. The first kappa shape index (κ1) is 21.8. The molecule has 5 nitrogen and oxygen atoms in total. The Morgan fingerprint density at radius 2 is 1.65 bits per heavy atom. The first-order valence-corrected chi connectivity index (χ1v) is 11.9. The smallest absolute Gasteiger partial charge is 0.222 e. The zero-order chi connectivity index (χ0) is 21.8. The van der Waals surface area contributed by atoms with Crippen molar-refractivity contribution >= 4 is 11.7 Å². The summed E-state index contributed by atoms with van der Waals surface area (Å²) in [5.41, 5.74) is 4.81. The zero-order valence-electron chi connectivity index (χ0n) is 19.4. The molecule has 4 rings (SSSR count). The molecular formula is C26H36N4O. The topological polar surface area (TPSA) is 49.3 Å². The van der Waals surface area contributed by atoms with Crippen LogP contribution in [0, 0.1) is 26.7 Å². The summed E-state index contributed by atoms with van der Waals surface area (Å²) in [6, 6.07) is 8.71. The quantitative estimate of drug-likeness (QED) is 0.685. The Kier molecular flexibility index (Phi) is 6.89. The fourth-order valence-corrected chi connectivity index (χ4v) is 5.05. The van der Waals surface area contributed by atoms with Crippen LogP contribution in [0.4, 0.5) is 5.82 Å². The number of hydrogen-bond acceptors (Lipinski definition) is 4. The molecule has 2 fully saturated rings. The van der Waals surface area contributed by atoms with Crippen LogP contribution >= 0.6 is 0 Å². The highest BCUT2D eigenvalue weighted by molar-refractivity contribution is 5.76. The largest absolute Gasteiger partial charge is 0.353 e. The minimum absolute atomic E-state index is 0.335. The standard InChI is InChI=1S/C26H36N4O/c1-19-8-10-23(11-9-19)18-24-20(2)27-21(3)28-26(24)30-16-14-29(15-17-30)25(31)13-12-22-6-4-5-7-22/h8-11,22H,4-7,12-18H2,1-3H3. The third kappa shape index (κ3) is 5.44. The summed E-state index contributed by atoms with van der Waals surface area (Å²) >= 11 is 0. The van der Waals surface area contributed by atoms with E-state index in [1.54, 1.807) is 0 Å². The molecule has 2 aromatic rings. The molecule has 1 aromatic carbocycles. The van der Waals surface area contributed by atoms with Gasteiger partial charge >= 0.3 is 0 Å². The van der Waals surface area contributed by atoms with E-state index < -0.39 is 0 Å². The number of aryl methyl sites for hydroxylation is 3. The molecule has 0 radical (unpaired) electrons. The normalized spacial score (nSPS) is 17.4. The lowest BCUT2D eigenvalue weighted by Gasteiger charge is -2.36. The van der Waals surface area contributed by atoms with E-state index in [9.17, 15) is 4.79 Å². The number of aromatic nitrogens is 2. The van der Waals surface area contributed by atoms with Crippen molar-refractivity contribution in [3.63, 3.8) is 0 Å². The lowest BCUT2D eigenvalue weighted by Crippen LogP contribution is -2.49. The number of piperazine rings is 1. The highest BCUT2D eigenvalue weighted by Gasteiger charge is 2.25. The molecule has 1 aromatic heterocycles. The van der Waals surface area contributed by atoms with Crippen LogP contribution in [0.1, 0.15) is 66.7 Å². The summed E-state index contributed by atoms with van der Waals surface area (Å²) in [6.45, 7) is 9.42. The molecule has 166 valence electrons. The van der Waals surface area contributed by atoms with Crippen molar-refractivity contribution in [3.8, 4) is 0 Å². The Morgan fingerprint density at radius 3 is 2.32 bits per heavy atom. The number of anilines is 1. The van der Waals surface area contributed by atoms with E-state index in [4.69, 9.17) is 4.98 Å². The molecule has 2 heterocycles. The molecule has 31 heavy (non-hydrogen) atoms. The van der Waals surface area contributed by atoms with Crippen LogP contribution in [0.3, 0.4) is 0 Å². The molecule has 0 spiro atoms. The molecule has 2 aliphatic rings. The molecule has 1 saturated carbocycles. The van der Waals surface area contributed by atoms with Gasteiger partial charge in [-0.05, 0) is 38.7 Å². The second-order valence-corrected chi connectivity index (χ2v) is 9.38. The average Bonchev–Trinajstić information content (AvgIpc) is 3.29. The zero-order valence-corrected chi connectivity index (χ0v) is 19.4. The van der Waals surface area contributed by atoms with Gasteiger partial charge in [-0.3, -0.25) is 4.79 Å². The van der Waals surface area contributed by atoms with Crippen molar-refractivity contribution in [2.75, 3.05) is 31.1 Å². The average molecular weight is 421 g/mol. The predicted octanol–water partition coefficient (Wildman–Crippen LogP) is 4.61. The second-order valence-electron chi connectivity index (χ2n) is 9.38. The van der Waals surface area contributed by atoms with Gasteiger partial charge in [0.15, 0.2) is 0 Å². The van der Waals surface area contributed by atoms with Gasteiger partial charge in [-0.15, -0.1) is 0 Å². The maximum atomic E-state index is 12.7. The lowest BCUT2D eigenvalue weighted by molar-refractivity contribution is -0.131. The summed E-state index contributed by atoms with van der Waals surface area (Å²) in [6.07, 6.45) is 7.95. The second kappa shape index (κ2) is 9.80. The van der Waals surface area contributed by atoms with Gasteiger partial charge in [0.2, 0.25) is 5.91 Å². The van der Waals surface area contributed by atoms with E-state index in [1.807, 2.05) is 6.92 Å². The van der Waals surface area contributed by atoms with Gasteiger partial charge < -0.3 is 9.80 Å². The van der Waals surface area contributed by atoms with Crippen LogP contribution in [-0.2, 0) is 11.2 Å². The molecule has 0 atom stereocenters. The van der Waals surface area contributed by atoms with Crippen molar-refractivity contribution in [3.05, 3.63) is 52.5 Å². The van der Waals surface area contributed by atoms with Gasteiger partial charge in [-0.2, -0.15) is 0 Å². The molecular weight excluding hydrogens is 384 g/mol. The van der Waals surface area contributed by atoms with E-state index in [1.165, 1.54) is 42.4 Å². The van der Waals surface area contributed by atoms with E-state index in [-0.39, 0.29) is 0 Å². The number of carbonyl (C=O) groups excluding carboxylic acids is 1. The minimum Gasteiger partial charge on any atom is -0.353 e. The molecule has 1 aliphatic carbocycles. The Labute approximate surface area is 186 Å². The fraction of sp³-hybridized carbons (Fsp3) is 0.577. The summed E-state index contributed by atoms with van der Waals surface area (Å²) in [4.78, 5) is 26.6. The number of benzene rings is 1. The van der Waals surface area contributed by atoms with Gasteiger partial charge in [-0.25, -0.2) is 9.97 Å². The van der Waals surface area contributed by atoms with Crippen molar-refractivity contribution in [1.29, 1.82) is 0 Å². The highest BCUT2D eigenvalue weighted by atomic mass is 16.2. The van der Waals surface area contributed by atoms with Gasteiger partial charge in [0.1, 0.15) is 11.6 Å². The number of nitrogens with zero attached hydrogens (tertiary/aromatic N) is 4. The molecule has 0 bridgehead atoms. The maximum Gasteiger partial charge on any atom is 0.222 e. The monoisotopic (exact) mass is 420 g/mol. The molecule has 0 N–H and O–H groups in total. The van der Waals surface area contributed by atoms with E-state index in [0.717, 1.165) is 68.7 Å². The molecule has 1 aliphatic heterocycles. The van der Waals surface area contributed by atoms with Gasteiger partial charge in [0, 0.05) is 50.3 Å². The molecule has 1 saturated heterocycles. The summed E-state index contributed by atoms with van der Waals surface area (Å²) in [5, 5.41) is 0. The van der Waals surface area contributed by atoms with Crippen molar-refractivity contribution < 1.29 is 4.79 Å². The summed E-state index contributed by atoms with van der Waals surface area (Å²) in [5.74, 6) is 2.97. The van der Waals surface area contributed by atoms with Gasteiger partial charge in [0.05, 0.1) is 0 Å². The van der Waals surface area contributed by atoms with Crippen LogP contribution in [0.15, 0.2) is 24.3 Å². The van der Waals surface area contributed by atoms with Crippen molar-refractivity contribution in [2.45, 2.75) is 65.7 Å². The van der Waals surface area contributed by atoms with Crippen LogP contribution in [-0.4, -0.2) is 47.0 Å². The Bertz CT molecular complexity index is 894. The summed E-state index contributed by atoms with van der Waals surface area (Å²) in [7, 11) is 0. The third-order valence-electron chi connectivity index (χ3n) is 6.98. The van der Waals surface area contributed by atoms with Gasteiger partial charge in [0.25, 0.3) is 0 Å². The maximum absolute atomic E-state index is 12.7. The van der Waals surface area contributed by atoms with Crippen molar-refractivity contribution in [2.24, 2.45) is 5.92 Å². The SMILES string of the molecule is Cc1ccc(Cc2c(C)nc(C)nc2N2CCN(C(=O)CCC3CCCC3)CC2)cc1.